The fourth-order valence-corrected chi connectivity index (χ4v) is 2.91. The Morgan fingerprint density at radius 1 is 1.25 bits per heavy atom. The number of nitrogens with zero attached hydrogens (tertiary/aromatic N) is 1. The number of aliphatic imine (C=N–C) groups is 1. The number of sulfonamides is 1. The fourth-order valence-electron chi connectivity index (χ4n) is 1.70. The summed E-state index contributed by atoms with van der Waals surface area (Å²) < 4.78 is 26.7. The van der Waals surface area contributed by atoms with E-state index in [-0.39, 0.29) is 0 Å². The second-order valence-corrected chi connectivity index (χ2v) is 6.26. The van der Waals surface area contributed by atoms with E-state index in [0.29, 0.717) is 5.69 Å². The molecule has 0 saturated carbocycles. The molecule has 1 aliphatic rings. The van der Waals surface area contributed by atoms with Gasteiger partial charge < -0.3 is 0 Å². The summed E-state index contributed by atoms with van der Waals surface area (Å²) in [4.78, 5) is 25.7. The number of hydrogen-bond donors (Lipinski definition) is 2. The van der Waals surface area contributed by atoms with E-state index in [1.54, 1.807) is 19.1 Å². The van der Waals surface area contributed by atoms with Crippen LogP contribution in [0.1, 0.15) is 11.1 Å². The van der Waals surface area contributed by atoms with Gasteiger partial charge in [0.15, 0.2) is 5.25 Å². The van der Waals surface area contributed by atoms with Gasteiger partial charge in [-0.25, -0.2) is 18.2 Å². The van der Waals surface area contributed by atoms with E-state index in [0.717, 1.165) is 17.3 Å². The molecule has 2 rings (SSSR count). The lowest BCUT2D eigenvalue weighted by Gasteiger charge is -2.18. The highest BCUT2D eigenvalue weighted by molar-refractivity contribution is 7.94. The predicted molar refractivity (Wildman–Crippen MR) is 74.3 cm³/mol. The Morgan fingerprint density at radius 2 is 1.95 bits per heavy atom. The minimum absolute atomic E-state index is 0.392. The van der Waals surface area contributed by atoms with Crippen LogP contribution >= 0.6 is 0 Å². The first kappa shape index (κ1) is 14.2. The molecule has 0 bridgehead atoms. The van der Waals surface area contributed by atoms with E-state index in [9.17, 15) is 18.0 Å². The zero-order chi connectivity index (χ0) is 14.9. The Hall–Kier alpha value is -2.22. The van der Waals surface area contributed by atoms with Crippen molar-refractivity contribution in [1.29, 1.82) is 0 Å². The summed E-state index contributed by atoms with van der Waals surface area (Å²) in [5.74, 6) is -0.914. The van der Waals surface area contributed by atoms with Gasteiger partial charge in [-0.2, -0.15) is 0 Å². The van der Waals surface area contributed by atoms with Crippen molar-refractivity contribution >= 4 is 33.9 Å². The molecule has 7 nitrogen and oxygen atoms in total. The number of urea groups is 1. The second-order valence-electron chi connectivity index (χ2n) is 4.46. The van der Waals surface area contributed by atoms with Gasteiger partial charge >= 0.3 is 6.03 Å². The summed E-state index contributed by atoms with van der Waals surface area (Å²) in [6, 6.07) is 4.41. The quantitative estimate of drug-likeness (QED) is 0.857. The number of amides is 3. The molecule has 106 valence electrons. The highest BCUT2D eigenvalue weighted by Gasteiger charge is 2.35. The number of hydrogen-bond acceptors (Lipinski definition) is 4. The molecule has 1 heterocycles. The van der Waals surface area contributed by atoms with Crippen molar-refractivity contribution in [2.75, 3.05) is 4.72 Å². The standard InChI is InChI=1S/C12H13N3O4S/c1-7-3-4-8(2)9(5-7)15-20(18,19)10-6-13-12(17)14-11(10)16/h3-6,10,15H,1-2H3,(H,14,16,17). The van der Waals surface area contributed by atoms with E-state index < -0.39 is 27.2 Å². The van der Waals surface area contributed by atoms with Gasteiger partial charge in [-0.3, -0.25) is 14.8 Å². The second kappa shape index (κ2) is 5.04. The van der Waals surface area contributed by atoms with Crippen molar-refractivity contribution in [2.45, 2.75) is 19.1 Å². The Labute approximate surface area is 116 Å². The molecule has 0 radical (unpaired) electrons. The van der Waals surface area contributed by atoms with Gasteiger partial charge in [0.1, 0.15) is 0 Å². The van der Waals surface area contributed by atoms with E-state index in [1.165, 1.54) is 0 Å². The molecule has 0 saturated heterocycles. The Balaban J connectivity index is 2.32. The summed E-state index contributed by atoms with van der Waals surface area (Å²) in [6.45, 7) is 3.57. The molecule has 0 aromatic heterocycles. The number of anilines is 1. The van der Waals surface area contributed by atoms with Crippen LogP contribution in [0.3, 0.4) is 0 Å². The van der Waals surface area contributed by atoms with Gasteiger partial charge in [0.25, 0.3) is 5.91 Å². The average molecular weight is 295 g/mol. The molecule has 1 aromatic rings. The summed E-state index contributed by atoms with van der Waals surface area (Å²) in [6.07, 6.45) is 0.828. The lowest BCUT2D eigenvalue weighted by molar-refractivity contribution is -0.118. The van der Waals surface area contributed by atoms with Crippen LogP contribution < -0.4 is 10.0 Å². The van der Waals surface area contributed by atoms with Crippen LogP contribution in [0, 0.1) is 13.8 Å². The van der Waals surface area contributed by atoms with Crippen LogP contribution in [0.2, 0.25) is 0 Å². The normalized spacial score (nSPS) is 18.8. The lowest BCUT2D eigenvalue weighted by atomic mass is 10.1. The number of nitrogens with one attached hydrogen (secondary N) is 2. The third-order valence-corrected chi connectivity index (χ3v) is 4.30. The predicted octanol–water partition coefficient (Wildman–Crippen LogP) is 0.734. The minimum Gasteiger partial charge on any atom is -0.282 e. The van der Waals surface area contributed by atoms with E-state index in [1.807, 2.05) is 18.3 Å². The van der Waals surface area contributed by atoms with Crippen LogP contribution in [-0.4, -0.2) is 31.8 Å². The third-order valence-electron chi connectivity index (χ3n) is 2.80. The molecule has 0 fully saturated rings. The largest absolute Gasteiger partial charge is 0.347 e. The molecule has 3 amide bonds. The molecule has 1 atom stereocenters. The molecular weight excluding hydrogens is 282 g/mol. The van der Waals surface area contributed by atoms with Crippen molar-refractivity contribution in [2.24, 2.45) is 4.99 Å². The fraction of sp³-hybridized carbons (Fsp3) is 0.250. The maximum atomic E-state index is 12.2. The van der Waals surface area contributed by atoms with Crippen molar-refractivity contribution in [1.82, 2.24) is 5.32 Å². The van der Waals surface area contributed by atoms with Crippen LogP contribution in [0.15, 0.2) is 23.2 Å². The van der Waals surface area contributed by atoms with E-state index in [4.69, 9.17) is 0 Å². The molecule has 1 aliphatic heterocycles. The smallest absolute Gasteiger partial charge is 0.282 e. The van der Waals surface area contributed by atoms with E-state index >= 15 is 0 Å². The first-order chi connectivity index (χ1) is 9.29. The highest BCUT2D eigenvalue weighted by atomic mass is 32.2. The average Bonchev–Trinajstić information content (AvgIpc) is 2.33. The molecule has 0 spiro atoms. The van der Waals surface area contributed by atoms with Crippen LogP contribution in [0.5, 0.6) is 0 Å². The Bertz CT molecular complexity index is 709. The number of benzene rings is 1. The molecule has 0 aliphatic carbocycles. The zero-order valence-electron chi connectivity index (χ0n) is 10.9. The third kappa shape index (κ3) is 2.85. The van der Waals surface area contributed by atoms with Crippen LogP contribution in [0.4, 0.5) is 10.5 Å². The Kier molecular flexibility index (Phi) is 3.58. The topological polar surface area (TPSA) is 105 Å². The van der Waals surface area contributed by atoms with Gasteiger partial charge in [-0.05, 0) is 31.0 Å². The monoisotopic (exact) mass is 295 g/mol. The molecule has 20 heavy (non-hydrogen) atoms. The number of carbonyl (C=O) groups excluding carboxylic acids is 2. The first-order valence-electron chi connectivity index (χ1n) is 5.77. The molecule has 1 aromatic carbocycles. The van der Waals surface area contributed by atoms with Crippen molar-refractivity contribution in [3.05, 3.63) is 29.3 Å². The molecule has 2 N–H and O–H groups in total. The number of rotatable bonds is 3. The summed E-state index contributed by atoms with van der Waals surface area (Å²) in [5, 5.41) is 0.325. The van der Waals surface area contributed by atoms with Crippen LogP contribution in [-0.2, 0) is 14.8 Å². The number of carbonyl (C=O) groups is 2. The maximum absolute atomic E-state index is 12.2. The van der Waals surface area contributed by atoms with Gasteiger partial charge in [0.2, 0.25) is 10.0 Å². The van der Waals surface area contributed by atoms with Gasteiger partial charge in [-0.15, -0.1) is 0 Å². The summed E-state index contributed by atoms with van der Waals surface area (Å²) in [7, 11) is -4.01. The van der Waals surface area contributed by atoms with Crippen LogP contribution in [0.25, 0.3) is 0 Å². The lowest BCUT2D eigenvalue weighted by Crippen LogP contribution is -2.48. The minimum atomic E-state index is -4.01. The van der Waals surface area contributed by atoms with Crippen molar-refractivity contribution in [3.8, 4) is 0 Å². The molecule has 1 unspecified atom stereocenters. The van der Waals surface area contributed by atoms with Gasteiger partial charge in [-0.1, -0.05) is 12.1 Å². The van der Waals surface area contributed by atoms with E-state index in [2.05, 4.69) is 9.71 Å². The van der Waals surface area contributed by atoms with Gasteiger partial charge in [0.05, 0.1) is 5.69 Å². The van der Waals surface area contributed by atoms with Crippen molar-refractivity contribution in [3.63, 3.8) is 0 Å². The SMILES string of the molecule is Cc1ccc(C)c(NS(=O)(=O)C2C=NC(=O)NC2=O)c1. The summed E-state index contributed by atoms with van der Waals surface area (Å²) in [5.41, 5.74) is 2.00. The molecule has 8 heteroatoms. The summed E-state index contributed by atoms with van der Waals surface area (Å²) >= 11 is 0. The highest BCUT2D eigenvalue weighted by Crippen LogP contribution is 2.19. The zero-order valence-corrected chi connectivity index (χ0v) is 11.7. The number of imide groups is 1. The van der Waals surface area contributed by atoms with Gasteiger partial charge in [0, 0.05) is 6.21 Å². The number of aryl methyl sites for hydroxylation is 2. The first-order valence-corrected chi connectivity index (χ1v) is 7.32. The Morgan fingerprint density at radius 3 is 2.60 bits per heavy atom. The maximum Gasteiger partial charge on any atom is 0.347 e. The molecular formula is C12H13N3O4S. The van der Waals surface area contributed by atoms with Crippen molar-refractivity contribution < 1.29 is 18.0 Å².